The molecule has 1 aromatic heterocycles. The molecule has 0 radical (unpaired) electrons. The molecule has 2 aromatic rings. The normalized spacial score (nSPS) is 10.9. The van der Waals surface area contributed by atoms with Gasteiger partial charge >= 0.3 is 0 Å². The van der Waals surface area contributed by atoms with E-state index in [2.05, 4.69) is 38.0 Å². The van der Waals surface area contributed by atoms with Gasteiger partial charge in [0.2, 0.25) is 0 Å². The highest BCUT2D eigenvalue weighted by Crippen LogP contribution is 2.21. The van der Waals surface area contributed by atoms with Crippen molar-refractivity contribution in [2.45, 2.75) is 41.2 Å². The molecule has 0 saturated heterocycles. The number of thiazole rings is 1. The van der Waals surface area contributed by atoms with Crippen molar-refractivity contribution in [3.8, 4) is 5.75 Å². The summed E-state index contributed by atoms with van der Waals surface area (Å²) in [7, 11) is 0. The van der Waals surface area contributed by atoms with Gasteiger partial charge in [0.1, 0.15) is 22.2 Å². The Morgan fingerprint density at radius 1 is 1.26 bits per heavy atom. The summed E-state index contributed by atoms with van der Waals surface area (Å²) in [6.45, 7) is 11.2. The SMILES string of the molecule is Cc1ccc(OCc2nc(C)c(C(=O)NCC(C)C)s2)cc1C. The van der Waals surface area contributed by atoms with Crippen LogP contribution >= 0.6 is 11.3 Å². The second kappa shape index (κ2) is 7.59. The molecule has 0 spiro atoms. The topological polar surface area (TPSA) is 51.2 Å². The molecule has 0 aliphatic rings. The summed E-state index contributed by atoms with van der Waals surface area (Å²) in [5.41, 5.74) is 3.20. The second-order valence-electron chi connectivity index (χ2n) is 6.16. The summed E-state index contributed by atoms with van der Waals surface area (Å²) in [4.78, 5) is 17.3. The Balaban J connectivity index is 2.00. The predicted molar refractivity (Wildman–Crippen MR) is 94.3 cm³/mol. The van der Waals surface area contributed by atoms with E-state index in [1.54, 1.807) is 0 Å². The smallest absolute Gasteiger partial charge is 0.263 e. The molecular weight excluding hydrogens is 308 g/mol. The summed E-state index contributed by atoms with van der Waals surface area (Å²) in [5.74, 6) is 1.21. The summed E-state index contributed by atoms with van der Waals surface area (Å²) < 4.78 is 5.79. The van der Waals surface area contributed by atoms with E-state index in [0.717, 1.165) is 16.5 Å². The number of ether oxygens (including phenoxy) is 1. The molecule has 4 nitrogen and oxygen atoms in total. The van der Waals surface area contributed by atoms with Crippen molar-refractivity contribution in [3.05, 3.63) is 44.9 Å². The lowest BCUT2D eigenvalue weighted by molar-refractivity contribution is 0.0952. The Bertz CT molecular complexity index is 692. The highest BCUT2D eigenvalue weighted by molar-refractivity contribution is 7.13. The standard InChI is InChI=1S/C18H24N2O2S/c1-11(2)9-19-18(21)17-14(5)20-16(23-17)10-22-15-7-6-12(3)13(4)8-15/h6-8,11H,9-10H2,1-5H3,(H,19,21). The van der Waals surface area contributed by atoms with Gasteiger partial charge in [0.15, 0.2) is 0 Å². The molecule has 23 heavy (non-hydrogen) atoms. The Labute approximate surface area is 141 Å². The lowest BCUT2D eigenvalue weighted by atomic mass is 10.1. The molecule has 124 valence electrons. The highest BCUT2D eigenvalue weighted by Gasteiger charge is 2.15. The maximum absolute atomic E-state index is 12.2. The molecular formula is C18H24N2O2S. The first-order valence-corrected chi connectivity index (χ1v) is 8.63. The fourth-order valence-electron chi connectivity index (χ4n) is 2.05. The molecule has 2 rings (SSSR count). The lowest BCUT2D eigenvalue weighted by Crippen LogP contribution is -2.27. The first kappa shape index (κ1) is 17.5. The third-order valence-corrected chi connectivity index (χ3v) is 4.69. The molecule has 0 aliphatic heterocycles. The zero-order valence-corrected chi connectivity index (χ0v) is 15.2. The zero-order valence-electron chi connectivity index (χ0n) is 14.4. The number of rotatable bonds is 6. The number of aryl methyl sites for hydroxylation is 3. The zero-order chi connectivity index (χ0) is 17.0. The van der Waals surface area contributed by atoms with Gasteiger partial charge in [0, 0.05) is 6.54 Å². The largest absolute Gasteiger partial charge is 0.486 e. The van der Waals surface area contributed by atoms with Crippen LogP contribution in [0.1, 0.15) is 45.3 Å². The molecule has 0 saturated carbocycles. The Morgan fingerprint density at radius 3 is 2.65 bits per heavy atom. The van der Waals surface area contributed by atoms with Crippen LogP contribution in [0, 0.1) is 26.7 Å². The summed E-state index contributed by atoms with van der Waals surface area (Å²) in [6.07, 6.45) is 0. The van der Waals surface area contributed by atoms with E-state index in [9.17, 15) is 4.79 Å². The fourth-order valence-corrected chi connectivity index (χ4v) is 2.94. The average molecular weight is 332 g/mol. The number of carbonyl (C=O) groups excluding carboxylic acids is 1. The van der Waals surface area contributed by atoms with E-state index in [4.69, 9.17) is 4.74 Å². The van der Waals surface area contributed by atoms with Gasteiger partial charge in [0.05, 0.1) is 5.69 Å². The van der Waals surface area contributed by atoms with Gasteiger partial charge in [-0.05, 0) is 49.9 Å². The number of carbonyl (C=O) groups is 1. The molecule has 0 bridgehead atoms. The van der Waals surface area contributed by atoms with Crippen molar-refractivity contribution in [2.75, 3.05) is 6.54 Å². The van der Waals surface area contributed by atoms with Crippen LogP contribution < -0.4 is 10.1 Å². The third kappa shape index (κ3) is 4.79. The molecule has 0 aliphatic carbocycles. The van der Waals surface area contributed by atoms with E-state index in [-0.39, 0.29) is 5.91 Å². The molecule has 1 N–H and O–H groups in total. The van der Waals surface area contributed by atoms with Crippen molar-refractivity contribution in [1.82, 2.24) is 10.3 Å². The average Bonchev–Trinajstić information content (AvgIpc) is 2.87. The molecule has 0 atom stereocenters. The van der Waals surface area contributed by atoms with Gasteiger partial charge in [0.25, 0.3) is 5.91 Å². The van der Waals surface area contributed by atoms with E-state index >= 15 is 0 Å². The number of nitrogens with zero attached hydrogens (tertiary/aromatic N) is 1. The quantitative estimate of drug-likeness (QED) is 0.869. The van der Waals surface area contributed by atoms with Gasteiger partial charge in [-0.15, -0.1) is 11.3 Å². The molecule has 1 heterocycles. The summed E-state index contributed by atoms with van der Waals surface area (Å²) >= 11 is 1.40. The van der Waals surface area contributed by atoms with Gasteiger partial charge in [-0.2, -0.15) is 0 Å². The first-order valence-electron chi connectivity index (χ1n) is 7.81. The maximum atomic E-state index is 12.2. The van der Waals surface area contributed by atoms with Crippen molar-refractivity contribution in [2.24, 2.45) is 5.92 Å². The number of nitrogens with one attached hydrogen (secondary N) is 1. The minimum absolute atomic E-state index is 0.0499. The number of aromatic nitrogens is 1. The van der Waals surface area contributed by atoms with Crippen LogP contribution in [-0.2, 0) is 6.61 Å². The van der Waals surface area contributed by atoms with Crippen molar-refractivity contribution in [3.63, 3.8) is 0 Å². The molecule has 5 heteroatoms. The number of benzene rings is 1. The summed E-state index contributed by atoms with van der Waals surface area (Å²) in [6, 6.07) is 6.02. The van der Waals surface area contributed by atoms with Crippen LogP contribution in [0.4, 0.5) is 0 Å². The van der Waals surface area contributed by atoms with Crippen LogP contribution in [0.3, 0.4) is 0 Å². The van der Waals surface area contributed by atoms with Crippen LogP contribution in [0.25, 0.3) is 0 Å². The van der Waals surface area contributed by atoms with Crippen LogP contribution in [0.15, 0.2) is 18.2 Å². The van der Waals surface area contributed by atoms with Crippen LogP contribution in [0.2, 0.25) is 0 Å². The van der Waals surface area contributed by atoms with E-state index < -0.39 is 0 Å². The Morgan fingerprint density at radius 2 is 2.00 bits per heavy atom. The van der Waals surface area contributed by atoms with E-state index in [1.165, 1.54) is 22.5 Å². The van der Waals surface area contributed by atoms with Crippen LogP contribution in [-0.4, -0.2) is 17.4 Å². The van der Waals surface area contributed by atoms with Crippen LogP contribution in [0.5, 0.6) is 5.75 Å². The molecule has 0 unspecified atom stereocenters. The van der Waals surface area contributed by atoms with E-state index in [0.29, 0.717) is 23.9 Å². The fraction of sp³-hybridized carbons (Fsp3) is 0.444. The van der Waals surface area contributed by atoms with Crippen molar-refractivity contribution < 1.29 is 9.53 Å². The number of hydrogen-bond acceptors (Lipinski definition) is 4. The maximum Gasteiger partial charge on any atom is 0.263 e. The minimum Gasteiger partial charge on any atom is -0.486 e. The van der Waals surface area contributed by atoms with Gasteiger partial charge < -0.3 is 10.1 Å². The predicted octanol–water partition coefficient (Wildman–Crippen LogP) is 4.03. The third-order valence-electron chi connectivity index (χ3n) is 3.56. The monoisotopic (exact) mass is 332 g/mol. The lowest BCUT2D eigenvalue weighted by Gasteiger charge is -2.06. The minimum atomic E-state index is -0.0499. The van der Waals surface area contributed by atoms with Crippen molar-refractivity contribution in [1.29, 1.82) is 0 Å². The Kier molecular flexibility index (Phi) is 5.77. The Hall–Kier alpha value is -1.88. The van der Waals surface area contributed by atoms with Crippen molar-refractivity contribution >= 4 is 17.2 Å². The van der Waals surface area contributed by atoms with Gasteiger partial charge in [-0.1, -0.05) is 19.9 Å². The molecule has 0 fully saturated rings. The number of hydrogen-bond donors (Lipinski definition) is 1. The van der Waals surface area contributed by atoms with Gasteiger partial charge in [-0.3, -0.25) is 4.79 Å². The molecule has 1 amide bonds. The number of amides is 1. The summed E-state index contributed by atoms with van der Waals surface area (Å²) in [5, 5.41) is 3.75. The van der Waals surface area contributed by atoms with E-state index in [1.807, 2.05) is 25.1 Å². The second-order valence-corrected chi connectivity index (χ2v) is 7.24. The highest BCUT2D eigenvalue weighted by atomic mass is 32.1. The molecule has 1 aromatic carbocycles. The van der Waals surface area contributed by atoms with Gasteiger partial charge in [-0.25, -0.2) is 4.98 Å². The first-order chi connectivity index (χ1) is 10.9.